The second-order valence-corrected chi connectivity index (χ2v) is 5.42. The van der Waals surface area contributed by atoms with E-state index < -0.39 is 17.8 Å². The van der Waals surface area contributed by atoms with E-state index >= 15 is 0 Å². The lowest BCUT2D eigenvalue weighted by atomic mass is 10.1. The van der Waals surface area contributed by atoms with Crippen molar-refractivity contribution in [1.82, 2.24) is 5.32 Å². The van der Waals surface area contributed by atoms with Crippen LogP contribution in [-0.4, -0.2) is 25.0 Å². The van der Waals surface area contributed by atoms with Gasteiger partial charge in [0.05, 0.1) is 12.8 Å². The first-order chi connectivity index (χ1) is 12.6. The first kappa shape index (κ1) is 17.2. The zero-order chi connectivity index (χ0) is 18.5. The fraction of sp³-hybridized carbons (Fsp3) is 0.0500. The summed E-state index contributed by atoms with van der Waals surface area (Å²) < 4.78 is 5.20. The number of benzene rings is 2. The maximum Gasteiger partial charge on any atom is 0.336 e. The third-order valence-corrected chi connectivity index (χ3v) is 3.78. The minimum atomic E-state index is -0.811. The zero-order valence-electron chi connectivity index (χ0n) is 14.0. The van der Waals surface area contributed by atoms with Gasteiger partial charge in [-0.2, -0.15) is 0 Å². The molecule has 3 rings (SSSR count). The number of carbonyl (C=O) groups excluding carboxylic acids is 3. The van der Waals surface area contributed by atoms with E-state index in [1.807, 2.05) is 30.3 Å². The van der Waals surface area contributed by atoms with Crippen LogP contribution in [0.2, 0.25) is 0 Å². The Morgan fingerprint density at radius 2 is 1.65 bits per heavy atom. The van der Waals surface area contributed by atoms with Gasteiger partial charge in [0, 0.05) is 0 Å². The molecule has 0 aliphatic carbocycles. The molecule has 130 valence electrons. The number of urea groups is 1. The molecule has 0 aromatic heterocycles. The molecule has 26 heavy (non-hydrogen) atoms. The van der Waals surface area contributed by atoms with E-state index in [9.17, 15) is 14.4 Å². The van der Waals surface area contributed by atoms with Gasteiger partial charge in [0.15, 0.2) is 0 Å². The van der Waals surface area contributed by atoms with Gasteiger partial charge in [-0.25, -0.2) is 9.69 Å². The predicted molar refractivity (Wildman–Crippen MR) is 97.6 cm³/mol. The topological polar surface area (TPSA) is 75.7 Å². The van der Waals surface area contributed by atoms with Crippen molar-refractivity contribution in [1.29, 1.82) is 0 Å². The molecule has 0 radical (unpaired) electrons. The molecule has 6 heteroatoms. The highest BCUT2D eigenvalue weighted by Crippen LogP contribution is 2.30. The number of hydrogen-bond donors (Lipinski definition) is 1. The Kier molecular flexibility index (Phi) is 4.94. The van der Waals surface area contributed by atoms with Gasteiger partial charge in [-0.05, 0) is 23.8 Å². The Hall–Kier alpha value is -3.67. The van der Waals surface area contributed by atoms with Crippen molar-refractivity contribution in [3.05, 3.63) is 77.9 Å². The number of hydrogen-bond acceptors (Lipinski definition) is 4. The first-order valence-electron chi connectivity index (χ1n) is 7.88. The van der Waals surface area contributed by atoms with Crippen molar-refractivity contribution < 1.29 is 19.1 Å². The van der Waals surface area contributed by atoms with E-state index in [2.05, 4.69) is 5.32 Å². The van der Waals surface area contributed by atoms with Crippen LogP contribution in [0.5, 0.6) is 5.75 Å². The molecule has 1 fully saturated rings. The molecule has 4 amide bonds. The summed E-state index contributed by atoms with van der Waals surface area (Å²) in [5, 5.41) is 2.18. The largest absolute Gasteiger partial charge is 0.495 e. The van der Waals surface area contributed by atoms with Gasteiger partial charge in [-0.15, -0.1) is 0 Å². The molecular weight excluding hydrogens is 332 g/mol. The highest BCUT2D eigenvalue weighted by molar-refractivity contribution is 6.38. The molecule has 0 spiro atoms. The first-order valence-corrected chi connectivity index (χ1v) is 7.88. The Balaban J connectivity index is 1.93. The normalized spacial score (nSPS) is 16.3. The third-order valence-electron chi connectivity index (χ3n) is 3.78. The van der Waals surface area contributed by atoms with Crippen molar-refractivity contribution in [2.75, 3.05) is 12.0 Å². The summed E-state index contributed by atoms with van der Waals surface area (Å²) in [6, 6.07) is 15.2. The van der Waals surface area contributed by atoms with Gasteiger partial charge in [-0.3, -0.25) is 14.9 Å². The molecule has 1 heterocycles. The van der Waals surface area contributed by atoms with Gasteiger partial charge < -0.3 is 4.74 Å². The lowest BCUT2D eigenvalue weighted by Crippen LogP contribution is -2.54. The van der Waals surface area contributed by atoms with E-state index in [1.54, 1.807) is 36.4 Å². The summed E-state index contributed by atoms with van der Waals surface area (Å²) in [5.41, 5.74) is 1.05. The fourth-order valence-corrected chi connectivity index (χ4v) is 2.53. The Morgan fingerprint density at radius 1 is 0.962 bits per heavy atom. The number of allylic oxidation sites excluding steroid dienone is 2. The van der Waals surface area contributed by atoms with E-state index in [0.717, 1.165) is 10.5 Å². The predicted octanol–water partition coefficient (Wildman–Crippen LogP) is 2.92. The summed E-state index contributed by atoms with van der Waals surface area (Å²) >= 11 is 0. The number of rotatable bonds is 4. The quantitative estimate of drug-likeness (QED) is 0.681. The number of nitrogens with one attached hydrogen (secondary N) is 1. The van der Waals surface area contributed by atoms with Crippen LogP contribution in [0.1, 0.15) is 5.56 Å². The van der Waals surface area contributed by atoms with Crippen molar-refractivity contribution >= 4 is 29.6 Å². The lowest BCUT2D eigenvalue weighted by Gasteiger charge is -2.27. The van der Waals surface area contributed by atoms with Gasteiger partial charge >= 0.3 is 6.03 Å². The second kappa shape index (κ2) is 7.48. The molecule has 1 aliphatic heterocycles. The average Bonchev–Trinajstić information content (AvgIpc) is 2.65. The number of carbonyl (C=O) groups is 3. The minimum absolute atomic E-state index is 0.136. The van der Waals surface area contributed by atoms with E-state index in [1.165, 1.54) is 13.2 Å². The number of amides is 4. The van der Waals surface area contributed by atoms with E-state index in [-0.39, 0.29) is 11.3 Å². The number of para-hydroxylation sites is 2. The third kappa shape index (κ3) is 3.39. The zero-order valence-corrected chi connectivity index (χ0v) is 14.0. The molecule has 0 unspecified atom stereocenters. The summed E-state index contributed by atoms with van der Waals surface area (Å²) in [6.45, 7) is 0. The summed E-state index contributed by atoms with van der Waals surface area (Å²) in [7, 11) is 1.44. The molecule has 0 bridgehead atoms. The lowest BCUT2D eigenvalue weighted by molar-refractivity contribution is -0.122. The van der Waals surface area contributed by atoms with E-state index in [0.29, 0.717) is 5.75 Å². The maximum absolute atomic E-state index is 12.7. The molecule has 2 aromatic rings. The van der Waals surface area contributed by atoms with Crippen molar-refractivity contribution in [3.8, 4) is 5.75 Å². The van der Waals surface area contributed by atoms with E-state index in [4.69, 9.17) is 4.74 Å². The molecule has 6 nitrogen and oxygen atoms in total. The molecule has 1 aliphatic rings. The number of methoxy groups -OCH3 is 1. The second-order valence-electron chi connectivity index (χ2n) is 5.42. The summed E-state index contributed by atoms with van der Waals surface area (Å²) in [5.74, 6) is -1.09. The van der Waals surface area contributed by atoms with Crippen LogP contribution in [-0.2, 0) is 9.59 Å². The standard InChI is InChI=1S/C20H16N2O4/c1-26-17-13-6-5-12-16(17)22-19(24)15(18(23)21-20(22)25)11-7-10-14-8-3-2-4-9-14/h2-13H,1H3,(H,21,23,25). The highest BCUT2D eigenvalue weighted by atomic mass is 16.5. The van der Waals surface area contributed by atoms with Gasteiger partial charge in [-0.1, -0.05) is 54.6 Å². The maximum atomic E-state index is 12.7. The highest BCUT2D eigenvalue weighted by Gasteiger charge is 2.37. The number of barbiturate groups is 1. The monoisotopic (exact) mass is 348 g/mol. The number of ether oxygens (including phenoxy) is 1. The van der Waals surface area contributed by atoms with Crippen LogP contribution in [0, 0.1) is 0 Å². The van der Waals surface area contributed by atoms with Gasteiger partial charge in [0.1, 0.15) is 11.3 Å². The smallest absolute Gasteiger partial charge is 0.336 e. The van der Waals surface area contributed by atoms with Crippen LogP contribution in [0.4, 0.5) is 10.5 Å². The molecule has 2 aromatic carbocycles. The van der Waals surface area contributed by atoms with Gasteiger partial charge in [0.25, 0.3) is 11.8 Å². The summed E-state index contributed by atoms with van der Waals surface area (Å²) in [6.07, 6.45) is 4.75. The van der Waals surface area contributed by atoms with Crippen LogP contribution in [0.3, 0.4) is 0 Å². The Labute approximate surface area is 150 Å². The molecule has 1 N–H and O–H groups in total. The number of anilines is 1. The Bertz CT molecular complexity index is 916. The molecular formula is C20H16N2O4. The molecule has 1 saturated heterocycles. The SMILES string of the molecule is COc1ccccc1N1C(=O)NC(=O)C(=CC=Cc2ccccc2)C1=O. The van der Waals surface area contributed by atoms with Gasteiger partial charge in [0.2, 0.25) is 0 Å². The van der Waals surface area contributed by atoms with Crippen molar-refractivity contribution in [2.45, 2.75) is 0 Å². The molecule has 0 atom stereocenters. The fourth-order valence-electron chi connectivity index (χ4n) is 2.53. The Morgan fingerprint density at radius 3 is 2.38 bits per heavy atom. The number of imide groups is 2. The minimum Gasteiger partial charge on any atom is -0.495 e. The van der Waals surface area contributed by atoms with Crippen LogP contribution in [0.15, 0.2) is 72.3 Å². The van der Waals surface area contributed by atoms with Crippen LogP contribution < -0.4 is 15.0 Å². The van der Waals surface area contributed by atoms with Crippen molar-refractivity contribution in [3.63, 3.8) is 0 Å². The molecule has 0 saturated carbocycles. The average molecular weight is 348 g/mol. The number of nitrogens with zero attached hydrogens (tertiary/aromatic N) is 1. The van der Waals surface area contributed by atoms with Crippen molar-refractivity contribution in [2.24, 2.45) is 0 Å². The van der Waals surface area contributed by atoms with Crippen LogP contribution >= 0.6 is 0 Å². The van der Waals surface area contributed by atoms with Crippen LogP contribution in [0.25, 0.3) is 6.08 Å². The summed E-state index contributed by atoms with van der Waals surface area (Å²) in [4.78, 5) is 37.9.